The molecule has 8 heavy (non-hydrogen) atoms. The lowest BCUT2D eigenvalue weighted by molar-refractivity contribution is 0.674. The SMILES string of the molecule is C[C@@H](N)C(C)(Br)C=N. The number of nitrogens with two attached hydrogens (primary N) is 1. The summed E-state index contributed by atoms with van der Waals surface area (Å²) in [5, 5.41) is 6.88. The van der Waals surface area contributed by atoms with Gasteiger partial charge in [-0.1, -0.05) is 15.9 Å². The first kappa shape index (κ1) is 8.11. The molecule has 0 aromatic heterocycles. The number of nitrogens with one attached hydrogen (secondary N) is 1. The van der Waals surface area contributed by atoms with Crippen molar-refractivity contribution >= 4 is 22.1 Å². The van der Waals surface area contributed by atoms with E-state index in [0.717, 1.165) is 0 Å². The van der Waals surface area contributed by atoms with E-state index in [4.69, 9.17) is 11.1 Å². The van der Waals surface area contributed by atoms with Gasteiger partial charge in [0.15, 0.2) is 0 Å². The molecule has 0 heterocycles. The van der Waals surface area contributed by atoms with Crippen molar-refractivity contribution in [2.45, 2.75) is 24.2 Å². The Labute approximate surface area is 58.1 Å². The van der Waals surface area contributed by atoms with Crippen molar-refractivity contribution < 1.29 is 0 Å². The Balaban J connectivity index is 3.90. The van der Waals surface area contributed by atoms with Crippen LogP contribution in [0.15, 0.2) is 0 Å². The molecule has 1 unspecified atom stereocenters. The first-order chi connectivity index (χ1) is 3.50. The third-order valence-electron chi connectivity index (χ3n) is 1.17. The molecule has 0 aliphatic rings. The fourth-order valence-electron chi connectivity index (χ4n) is 0.131. The molecule has 48 valence electrons. The van der Waals surface area contributed by atoms with Crippen LogP contribution in [0.5, 0.6) is 0 Å². The largest absolute Gasteiger partial charge is 0.326 e. The maximum atomic E-state index is 6.88. The second kappa shape index (κ2) is 2.60. The molecule has 0 aliphatic carbocycles. The summed E-state index contributed by atoms with van der Waals surface area (Å²) in [4.78, 5) is 0. The van der Waals surface area contributed by atoms with E-state index >= 15 is 0 Å². The van der Waals surface area contributed by atoms with Gasteiger partial charge in [-0.2, -0.15) is 0 Å². The predicted molar refractivity (Wildman–Crippen MR) is 39.8 cm³/mol. The van der Waals surface area contributed by atoms with E-state index < -0.39 is 0 Å². The van der Waals surface area contributed by atoms with Crippen molar-refractivity contribution in [1.82, 2.24) is 0 Å². The highest BCUT2D eigenvalue weighted by atomic mass is 79.9. The van der Waals surface area contributed by atoms with E-state index in [-0.39, 0.29) is 10.4 Å². The number of rotatable bonds is 2. The van der Waals surface area contributed by atoms with Crippen molar-refractivity contribution in [3.05, 3.63) is 0 Å². The molecular weight excluding hydrogens is 168 g/mol. The summed E-state index contributed by atoms with van der Waals surface area (Å²) in [5.74, 6) is 0. The number of hydrogen-bond acceptors (Lipinski definition) is 2. The fraction of sp³-hybridized carbons (Fsp3) is 0.800. The maximum absolute atomic E-state index is 6.88. The Kier molecular flexibility index (Phi) is 2.63. The highest BCUT2D eigenvalue weighted by Gasteiger charge is 2.21. The van der Waals surface area contributed by atoms with Gasteiger partial charge in [0, 0.05) is 12.3 Å². The normalized spacial score (nSPS) is 21.5. The summed E-state index contributed by atoms with van der Waals surface area (Å²) in [6.45, 7) is 3.73. The second-order valence-electron chi connectivity index (χ2n) is 2.08. The Hall–Kier alpha value is 0.110. The van der Waals surface area contributed by atoms with Crippen molar-refractivity contribution in [2.24, 2.45) is 5.73 Å². The smallest absolute Gasteiger partial charge is 0.0721 e. The van der Waals surface area contributed by atoms with Crippen LogP contribution in [0.3, 0.4) is 0 Å². The summed E-state index contributed by atoms with van der Waals surface area (Å²) >= 11 is 3.28. The van der Waals surface area contributed by atoms with Crippen LogP contribution >= 0.6 is 15.9 Å². The summed E-state index contributed by atoms with van der Waals surface area (Å²) in [7, 11) is 0. The van der Waals surface area contributed by atoms with Gasteiger partial charge in [0.2, 0.25) is 0 Å². The molecule has 0 aromatic rings. The van der Waals surface area contributed by atoms with Crippen LogP contribution < -0.4 is 5.73 Å². The first-order valence-electron chi connectivity index (χ1n) is 2.47. The number of halogens is 1. The van der Waals surface area contributed by atoms with Gasteiger partial charge in [-0.3, -0.25) is 0 Å². The third kappa shape index (κ3) is 1.92. The van der Waals surface area contributed by atoms with E-state index in [0.29, 0.717) is 0 Å². The molecule has 3 N–H and O–H groups in total. The van der Waals surface area contributed by atoms with Crippen LogP contribution in [-0.4, -0.2) is 16.6 Å². The third-order valence-corrected chi connectivity index (χ3v) is 2.12. The molecule has 0 amide bonds. The molecular formula is C5H11BrN2. The summed E-state index contributed by atoms with van der Waals surface area (Å²) < 4.78 is -0.326. The summed E-state index contributed by atoms with van der Waals surface area (Å²) in [5.41, 5.74) is 5.48. The van der Waals surface area contributed by atoms with Crippen molar-refractivity contribution in [1.29, 1.82) is 5.41 Å². The van der Waals surface area contributed by atoms with Crippen molar-refractivity contribution in [3.63, 3.8) is 0 Å². The van der Waals surface area contributed by atoms with E-state index in [1.807, 2.05) is 13.8 Å². The molecule has 0 spiro atoms. The van der Waals surface area contributed by atoms with Crippen LogP contribution in [0.2, 0.25) is 0 Å². The molecule has 0 rings (SSSR count). The van der Waals surface area contributed by atoms with Crippen LogP contribution in [0.4, 0.5) is 0 Å². The van der Waals surface area contributed by atoms with Crippen LogP contribution in [-0.2, 0) is 0 Å². The van der Waals surface area contributed by atoms with E-state index in [1.165, 1.54) is 6.21 Å². The second-order valence-corrected chi connectivity index (χ2v) is 3.79. The monoisotopic (exact) mass is 178 g/mol. The lowest BCUT2D eigenvalue weighted by atomic mass is 10.1. The molecule has 0 bridgehead atoms. The van der Waals surface area contributed by atoms with Crippen LogP contribution in [0.25, 0.3) is 0 Å². The quantitative estimate of drug-likeness (QED) is 0.484. The minimum atomic E-state index is -0.326. The lowest BCUT2D eigenvalue weighted by Crippen LogP contribution is -2.38. The zero-order valence-electron chi connectivity index (χ0n) is 5.11. The zero-order valence-corrected chi connectivity index (χ0v) is 6.70. The van der Waals surface area contributed by atoms with Gasteiger partial charge in [0.1, 0.15) is 0 Å². The maximum Gasteiger partial charge on any atom is 0.0721 e. The average Bonchev–Trinajstić information content (AvgIpc) is 1.67. The lowest BCUT2D eigenvalue weighted by Gasteiger charge is -2.20. The van der Waals surface area contributed by atoms with Gasteiger partial charge >= 0.3 is 0 Å². The van der Waals surface area contributed by atoms with E-state index in [1.54, 1.807) is 0 Å². The Morgan fingerprint density at radius 2 is 2.25 bits per heavy atom. The molecule has 3 heteroatoms. The molecule has 0 aliphatic heterocycles. The topological polar surface area (TPSA) is 49.9 Å². The van der Waals surface area contributed by atoms with Crippen molar-refractivity contribution in [2.75, 3.05) is 0 Å². The molecule has 0 aromatic carbocycles. The molecule has 0 saturated heterocycles. The standard InChI is InChI=1S/C5H11BrN2/c1-4(8)5(2,6)3-7/h3-4,7H,8H2,1-2H3/t4-,5?/m1/s1. The molecule has 0 saturated carbocycles. The number of alkyl halides is 1. The molecule has 0 radical (unpaired) electrons. The van der Waals surface area contributed by atoms with Crippen molar-refractivity contribution in [3.8, 4) is 0 Å². The minimum absolute atomic E-state index is 0.0139. The van der Waals surface area contributed by atoms with Gasteiger partial charge in [0.05, 0.1) is 4.32 Å². The first-order valence-corrected chi connectivity index (χ1v) is 3.26. The van der Waals surface area contributed by atoms with Crippen LogP contribution in [0, 0.1) is 5.41 Å². The average molecular weight is 179 g/mol. The predicted octanol–water partition coefficient (Wildman–Crippen LogP) is 1.14. The fourth-order valence-corrected chi connectivity index (χ4v) is 0.131. The minimum Gasteiger partial charge on any atom is -0.326 e. The molecule has 2 nitrogen and oxygen atoms in total. The van der Waals surface area contributed by atoms with E-state index in [9.17, 15) is 0 Å². The highest BCUT2D eigenvalue weighted by Crippen LogP contribution is 2.16. The van der Waals surface area contributed by atoms with Crippen LogP contribution in [0.1, 0.15) is 13.8 Å². The summed E-state index contributed by atoms with van der Waals surface area (Å²) in [6, 6.07) is -0.0139. The molecule has 2 atom stereocenters. The van der Waals surface area contributed by atoms with Gasteiger partial charge in [-0.05, 0) is 13.8 Å². The number of hydrogen-bond donors (Lipinski definition) is 2. The zero-order chi connectivity index (χ0) is 6.78. The summed E-state index contributed by atoms with van der Waals surface area (Å²) in [6.07, 6.45) is 1.30. The van der Waals surface area contributed by atoms with Gasteiger partial charge in [-0.25, -0.2) is 0 Å². The van der Waals surface area contributed by atoms with Gasteiger partial charge in [-0.15, -0.1) is 0 Å². The Morgan fingerprint density at radius 3 is 2.25 bits per heavy atom. The van der Waals surface area contributed by atoms with Gasteiger partial charge < -0.3 is 11.1 Å². The Morgan fingerprint density at radius 1 is 1.88 bits per heavy atom. The molecule has 0 fully saturated rings. The van der Waals surface area contributed by atoms with E-state index in [2.05, 4.69) is 15.9 Å². The highest BCUT2D eigenvalue weighted by molar-refractivity contribution is 9.10. The Bertz CT molecular complexity index is 88.4. The van der Waals surface area contributed by atoms with Gasteiger partial charge in [0.25, 0.3) is 0 Å².